The van der Waals surface area contributed by atoms with Gasteiger partial charge in [0.1, 0.15) is 18.2 Å². The molecule has 0 aliphatic rings. The smallest absolute Gasteiger partial charge is 0.321 e. The van der Waals surface area contributed by atoms with E-state index in [2.05, 4.69) is 31.2 Å². The van der Waals surface area contributed by atoms with Crippen LogP contribution in [0.1, 0.15) is 25.5 Å². The highest BCUT2D eigenvalue weighted by molar-refractivity contribution is 9.10. The van der Waals surface area contributed by atoms with Crippen LogP contribution in [0.2, 0.25) is 0 Å². The van der Waals surface area contributed by atoms with Crippen molar-refractivity contribution in [1.29, 1.82) is 0 Å². The topological polar surface area (TPSA) is 78.3 Å². The Hall–Kier alpha value is -3.53. The standard InChI is InChI=1S/C25H23BrF2N4O3/c1-15(31-24(33)25(2,27)28)23(16-7-10-22(34-3)29-13-16)35-19-8-9-21-20(12-19)30-14-32(21)18-6-4-5-17(26)11-18/h4-15,23H,1-3H3,(H,31,33)/t15-,23-/m0/s1. The predicted molar refractivity (Wildman–Crippen MR) is 131 cm³/mol. The summed E-state index contributed by atoms with van der Waals surface area (Å²) >= 11 is 3.48. The number of hydrogen-bond donors (Lipinski definition) is 1. The lowest BCUT2D eigenvalue weighted by atomic mass is 10.0. The van der Waals surface area contributed by atoms with Crippen LogP contribution in [-0.2, 0) is 4.79 Å². The summed E-state index contributed by atoms with van der Waals surface area (Å²) in [7, 11) is 1.49. The van der Waals surface area contributed by atoms with Gasteiger partial charge in [-0.3, -0.25) is 9.36 Å². The van der Waals surface area contributed by atoms with Gasteiger partial charge in [0.25, 0.3) is 5.91 Å². The number of rotatable bonds is 8. The van der Waals surface area contributed by atoms with Crippen molar-refractivity contribution < 1.29 is 23.0 Å². The molecule has 10 heteroatoms. The number of hydrogen-bond acceptors (Lipinski definition) is 5. The van der Waals surface area contributed by atoms with Gasteiger partial charge in [0, 0.05) is 41.0 Å². The number of aromatic nitrogens is 3. The number of carbonyl (C=O) groups is 1. The summed E-state index contributed by atoms with van der Waals surface area (Å²) in [5.74, 6) is -4.05. The predicted octanol–water partition coefficient (Wildman–Crippen LogP) is 5.47. The fourth-order valence-electron chi connectivity index (χ4n) is 3.59. The van der Waals surface area contributed by atoms with Gasteiger partial charge in [0.15, 0.2) is 0 Å². The van der Waals surface area contributed by atoms with Gasteiger partial charge in [0.2, 0.25) is 5.88 Å². The molecule has 182 valence electrons. The molecule has 1 N–H and O–H groups in total. The molecule has 0 saturated carbocycles. The summed E-state index contributed by atoms with van der Waals surface area (Å²) < 4.78 is 41.2. The molecular weight excluding hydrogens is 522 g/mol. The molecule has 0 saturated heterocycles. The molecule has 35 heavy (non-hydrogen) atoms. The van der Waals surface area contributed by atoms with Crippen LogP contribution in [0.25, 0.3) is 16.7 Å². The lowest BCUT2D eigenvalue weighted by Gasteiger charge is -2.27. The van der Waals surface area contributed by atoms with E-state index < -0.39 is 24.0 Å². The summed E-state index contributed by atoms with van der Waals surface area (Å²) in [4.78, 5) is 20.6. The number of halogens is 3. The molecule has 4 rings (SSSR count). The van der Waals surface area contributed by atoms with Crippen molar-refractivity contribution in [2.45, 2.75) is 31.9 Å². The summed E-state index contributed by atoms with van der Waals surface area (Å²) in [6, 6.07) is 15.8. The second kappa shape index (κ2) is 9.99. The molecule has 0 aliphatic carbocycles. The number of ether oxygens (including phenoxy) is 2. The van der Waals surface area contributed by atoms with E-state index in [0.29, 0.717) is 29.6 Å². The zero-order valence-electron chi connectivity index (χ0n) is 19.2. The first-order valence-corrected chi connectivity index (χ1v) is 11.5. The summed E-state index contributed by atoms with van der Waals surface area (Å²) in [5, 5.41) is 2.34. The van der Waals surface area contributed by atoms with Gasteiger partial charge in [-0.15, -0.1) is 0 Å². The molecule has 2 atom stereocenters. The maximum Gasteiger partial charge on any atom is 0.321 e. The summed E-state index contributed by atoms with van der Waals surface area (Å²) in [6.07, 6.45) is 2.44. The van der Waals surface area contributed by atoms with Crippen LogP contribution in [0.15, 0.2) is 71.6 Å². The molecule has 1 amide bonds. The third-order valence-electron chi connectivity index (χ3n) is 5.38. The number of nitrogens with one attached hydrogen (secondary N) is 1. The van der Waals surface area contributed by atoms with Gasteiger partial charge < -0.3 is 14.8 Å². The molecule has 0 fully saturated rings. The van der Waals surface area contributed by atoms with Crippen LogP contribution >= 0.6 is 15.9 Å². The van der Waals surface area contributed by atoms with Crippen molar-refractivity contribution in [1.82, 2.24) is 19.9 Å². The molecule has 7 nitrogen and oxygen atoms in total. The van der Waals surface area contributed by atoms with Gasteiger partial charge in [-0.25, -0.2) is 9.97 Å². The Kier molecular flexibility index (Phi) is 7.02. The number of alkyl halides is 2. The first kappa shape index (κ1) is 24.6. The van der Waals surface area contributed by atoms with E-state index >= 15 is 0 Å². The maximum absolute atomic E-state index is 13.5. The van der Waals surface area contributed by atoms with Gasteiger partial charge in [-0.1, -0.05) is 22.0 Å². The van der Waals surface area contributed by atoms with Crippen LogP contribution in [0, 0.1) is 0 Å². The first-order chi connectivity index (χ1) is 16.7. The van der Waals surface area contributed by atoms with Crippen molar-refractivity contribution in [2.75, 3.05) is 7.11 Å². The first-order valence-electron chi connectivity index (χ1n) is 10.7. The average Bonchev–Trinajstić information content (AvgIpc) is 3.25. The van der Waals surface area contributed by atoms with Crippen molar-refractivity contribution in [2.24, 2.45) is 0 Å². The molecule has 4 aromatic rings. The fraction of sp³-hybridized carbons (Fsp3) is 0.240. The Balaban J connectivity index is 1.64. The largest absolute Gasteiger partial charge is 0.483 e. The number of pyridine rings is 1. The third kappa shape index (κ3) is 5.59. The van der Waals surface area contributed by atoms with Crippen LogP contribution < -0.4 is 14.8 Å². The lowest BCUT2D eigenvalue weighted by molar-refractivity contribution is -0.144. The summed E-state index contributed by atoms with van der Waals surface area (Å²) in [5.41, 5.74) is 3.07. The minimum atomic E-state index is -3.52. The summed E-state index contributed by atoms with van der Waals surface area (Å²) in [6.45, 7) is 2.15. The minimum absolute atomic E-state index is 0.392. The molecule has 0 radical (unpaired) electrons. The van der Waals surface area contributed by atoms with E-state index in [1.54, 1.807) is 37.5 Å². The van der Waals surface area contributed by atoms with E-state index in [1.807, 2.05) is 34.9 Å². The van der Waals surface area contributed by atoms with Crippen molar-refractivity contribution >= 4 is 32.9 Å². The zero-order chi connectivity index (χ0) is 25.2. The van der Waals surface area contributed by atoms with E-state index in [9.17, 15) is 13.6 Å². The normalized spacial score (nSPS) is 13.3. The van der Waals surface area contributed by atoms with Crippen molar-refractivity contribution in [3.05, 3.63) is 77.2 Å². The molecule has 0 bridgehead atoms. The quantitative estimate of drug-likeness (QED) is 0.318. The van der Waals surface area contributed by atoms with Gasteiger partial charge in [-0.2, -0.15) is 8.78 Å². The number of benzene rings is 2. The number of imidazole rings is 1. The van der Waals surface area contributed by atoms with Gasteiger partial charge in [-0.05, 0) is 43.3 Å². The highest BCUT2D eigenvalue weighted by Crippen LogP contribution is 2.30. The van der Waals surface area contributed by atoms with Crippen LogP contribution in [0.4, 0.5) is 8.78 Å². The Morgan fingerprint density at radius 1 is 1.14 bits per heavy atom. The number of amides is 1. The van der Waals surface area contributed by atoms with Crippen molar-refractivity contribution in [3.8, 4) is 17.3 Å². The lowest BCUT2D eigenvalue weighted by Crippen LogP contribution is -2.46. The molecule has 0 unspecified atom stereocenters. The van der Waals surface area contributed by atoms with Crippen LogP contribution in [0.3, 0.4) is 0 Å². The Labute approximate surface area is 209 Å². The van der Waals surface area contributed by atoms with E-state index in [0.717, 1.165) is 15.7 Å². The molecule has 2 heterocycles. The maximum atomic E-state index is 13.5. The van der Waals surface area contributed by atoms with Crippen molar-refractivity contribution in [3.63, 3.8) is 0 Å². The Bertz CT molecular complexity index is 1340. The van der Waals surface area contributed by atoms with Gasteiger partial charge in [0.05, 0.1) is 24.2 Å². The van der Waals surface area contributed by atoms with E-state index in [1.165, 1.54) is 13.3 Å². The van der Waals surface area contributed by atoms with Crippen LogP contribution in [0.5, 0.6) is 11.6 Å². The monoisotopic (exact) mass is 544 g/mol. The SMILES string of the molecule is COc1ccc([C@@H](Oc2ccc3c(c2)ncn3-c2cccc(Br)c2)[C@H](C)NC(=O)C(C)(F)F)cn1. The number of nitrogens with zero attached hydrogens (tertiary/aromatic N) is 3. The zero-order valence-corrected chi connectivity index (χ0v) is 20.8. The molecule has 0 aliphatic heterocycles. The highest BCUT2D eigenvalue weighted by atomic mass is 79.9. The van der Waals surface area contributed by atoms with Gasteiger partial charge >= 0.3 is 5.92 Å². The Morgan fingerprint density at radius 3 is 2.60 bits per heavy atom. The fourth-order valence-corrected chi connectivity index (χ4v) is 3.98. The second-order valence-electron chi connectivity index (χ2n) is 8.07. The molecule has 0 spiro atoms. The number of fused-ring (bicyclic) bond motifs is 1. The highest BCUT2D eigenvalue weighted by Gasteiger charge is 2.35. The average molecular weight is 545 g/mol. The Morgan fingerprint density at radius 2 is 1.94 bits per heavy atom. The minimum Gasteiger partial charge on any atom is -0.483 e. The van der Waals surface area contributed by atoms with Crippen LogP contribution in [-0.4, -0.2) is 39.5 Å². The molecular formula is C25H23BrF2N4O3. The molecule has 2 aromatic carbocycles. The third-order valence-corrected chi connectivity index (χ3v) is 5.87. The number of carbonyl (C=O) groups excluding carboxylic acids is 1. The second-order valence-corrected chi connectivity index (χ2v) is 8.98. The van der Waals surface area contributed by atoms with E-state index in [-0.39, 0.29) is 0 Å². The molecule has 2 aromatic heterocycles. The van der Waals surface area contributed by atoms with E-state index in [4.69, 9.17) is 9.47 Å². The number of methoxy groups -OCH3 is 1.